The molecule has 1 aromatic carbocycles. The van der Waals surface area contributed by atoms with Crippen LogP contribution in [0.5, 0.6) is 11.5 Å². The molecule has 5 heteroatoms. The average Bonchev–Trinajstić information content (AvgIpc) is 3.20. The Kier molecular flexibility index (Phi) is 3.06. The van der Waals surface area contributed by atoms with Gasteiger partial charge in [0.1, 0.15) is 18.1 Å². The van der Waals surface area contributed by atoms with Crippen LogP contribution < -0.4 is 15.2 Å². The molecule has 1 heterocycles. The summed E-state index contributed by atoms with van der Waals surface area (Å²) >= 11 is 0. The van der Waals surface area contributed by atoms with Crippen LogP contribution in [0.1, 0.15) is 24.4 Å². The van der Waals surface area contributed by atoms with E-state index in [1.54, 1.807) is 11.0 Å². The molecular formula is C14H18N2O3. The monoisotopic (exact) mass is 262 g/mol. The minimum atomic E-state index is -0.0633. The quantitative estimate of drug-likeness (QED) is 0.881. The van der Waals surface area contributed by atoms with Crippen molar-refractivity contribution in [3.63, 3.8) is 0 Å². The summed E-state index contributed by atoms with van der Waals surface area (Å²) in [6, 6.07) is 5.88. The van der Waals surface area contributed by atoms with Crippen molar-refractivity contribution in [3.05, 3.63) is 23.8 Å². The van der Waals surface area contributed by atoms with Gasteiger partial charge in [0, 0.05) is 24.7 Å². The zero-order valence-electron chi connectivity index (χ0n) is 11.0. The second-order valence-corrected chi connectivity index (χ2v) is 5.14. The van der Waals surface area contributed by atoms with E-state index in [0.717, 1.165) is 24.2 Å². The van der Waals surface area contributed by atoms with E-state index < -0.39 is 0 Å². The summed E-state index contributed by atoms with van der Waals surface area (Å²) in [5.74, 6) is 1.42. The predicted octanol–water partition coefficient (Wildman–Crippen LogP) is 1.08. The molecule has 0 saturated heterocycles. The molecule has 0 spiro atoms. The van der Waals surface area contributed by atoms with Crippen LogP contribution in [0.15, 0.2) is 18.2 Å². The maximum Gasteiger partial charge on any atom is 0.260 e. The zero-order chi connectivity index (χ0) is 13.4. The highest BCUT2D eigenvalue weighted by molar-refractivity contribution is 5.78. The third-order valence-electron chi connectivity index (χ3n) is 3.65. The molecule has 1 saturated carbocycles. The van der Waals surface area contributed by atoms with Crippen molar-refractivity contribution >= 4 is 5.91 Å². The second-order valence-electron chi connectivity index (χ2n) is 5.14. The molecule has 0 bridgehead atoms. The topological polar surface area (TPSA) is 64.8 Å². The van der Waals surface area contributed by atoms with Gasteiger partial charge in [-0.05, 0) is 25.0 Å². The highest BCUT2D eigenvalue weighted by atomic mass is 16.5. The normalized spacial score (nSPS) is 20.6. The third-order valence-corrected chi connectivity index (χ3v) is 3.65. The number of benzene rings is 1. The van der Waals surface area contributed by atoms with Crippen LogP contribution in [-0.4, -0.2) is 37.1 Å². The lowest BCUT2D eigenvalue weighted by Crippen LogP contribution is -2.33. The Bertz CT molecular complexity index is 499. The molecule has 1 fully saturated rings. The van der Waals surface area contributed by atoms with Gasteiger partial charge in [0.25, 0.3) is 5.91 Å². The summed E-state index contributed by atoms with van der Waals surface area (Å²) in [5.41, 5.74) is 6.87. The molecule has 2 N–H and O–H groups in total. The number of hydrogen-bond donors (Lipinski definition) is 1. The lowest BCUT2D eigenvalue weighted by molar-refractivity contribution is -0.132. The van der Waals surface area contributed by atoms with Crippen LogP contribution in [0.2, 0.25) is 0 Å². The van der Waals surface area contributed by atoms with E-state index in [1.807, 2.05) is 19.2 Å². The maximum absolute atomic E-state index is 11.8. The number of nitrogens with zero attached hydrogens (tertiary/aromatic N) is 1. The molecule has 1 amide bonds. The average molecular weight is 262 g/mol. The molecule has 1 aliphatic heterocycles. The van der Waals surface area contributed by atoms with E-state index in [4.69, 9.17) is 15.2 Å². The number of rotatable bonds is 4. The van der Waals surface area contributed by atoms with Gasteiger partial charge < -0.3 is 20.1 Å². The van der Waals surface area contributed by atoms with Gasteiger partial charge in [-0.2, -0.15) is 0 Å². The smallest absolute Gasteiger partial charge is 0.260 e. The van der Waals surface area contributed by atoms with Crippen molar-refractivity contribution in [1.82, 2.24) is 4.90 Å². The first-order valence-electron chi connectivity index (χ1n) is 6.56. The predicted molar refractivity (Wildman–Crippen MR) is 70.2 cm³/mol. The van der Waals surface area contributed by atoms with E-state index in [9.17, 15) is 4.79 Å². The van der Waals surface area contributed by atoms with Crippen molar-refractivity contribution < 1.29 is 14.3 Å². The first kappa shape index (κ1) is 12.3. The lowest BCUT2D eigenvalue weighted by Gasteiger charge is -2.16. The van der Waals surface area contributed by atoms with Crippen LogP contribution in [0.4, 0.5) is 0 Å². The summed E-state index contributed by atoms with van der Waals surface area (Å²) < 4.78 is 11.0. The second kappa shape index (κ2) is 4.74. The Morgan fingerprint density at radius 2 is 2.32 bits per heavy atom. The third kappa shape index (κ3) is 2.51. The lowest BCUT2D eigenvalue weighted by atomic mass is 10.1. The summed E-state index contributed by atoms with van der Waals surface area (Å²) in [4.78, 5) is 13.6. The van der Waals surface area contributed by atoms with E-state index in [-0.39, 0.29) is 18.6 Å². The van der Waals surface area contributed by atoms with Crippen LogP contribution in [0.3, 0.4) is 0 Å². The number of hydrogen-bond acceptors (Lipinski definition) is 4. The summed E-state index contributed by atoms with van der Waals surface area (Å²) in [5, 5.41) is 0. The molecule has 2 aliphatic rings. The van der Waals surface area contributed by atoms with Gasteiger partial charge in [-0.15, -0.1) is 0 Å². The molecule has 1 unspecified atom stereocenters. The van der Waals surface area contributed by atoms with Crippen molar-refractivity contribution in [2.24, 2.45) is 5.73 Å². The number of carbonyl (C=O) groups is 1. The van der Waals surface area contributed by atoms with E-state index in [2.05, 4.69) is 0 Å². The van der Waals surface area contributed by atoms with Gasteiger partial charge in [0.15, 0.2) is 6.61 Å². The van der Waals surface area contributed by atoms with Crippen LogP contribution >= 0.6 is 0 Å². The van der Waals surface area contributed by atoms with Crippen molar-refractivity contribution in [3.8, 4) is 11.5 Å². The largest absolute Gasteiger partial charge is 0.491 e. The van der Waals surface area contributed by atoms with Crippen molar-refractivity contribution in [2.75, 3.05) is 20.3 Å². The van der Waals surface area contributed by atoms with E-state index in [1.165, 1.54) is 0 Å². The summed E-state index contributed by atoms with van der Waals surface area (Å²) in [7, 11) is 1.83. The van der Waals surface area contributed by atoms with Gasteiger partial charge in [-0.1, -0.05) is 0 Å². The molecule has 5 nitrogen and oxygen atoms in total. The fourth-order valence-corrected chi connectivity index (χ4v) is 2.22. The maximum atomic E-state index is 11.8. The van der Waals surface area contributed by atoms with Crippen LogP contribution in [0.25, 0.3) is 0 Å². The fourth-order valence-electron chi connectivity index (χ4n) is 2.22. The highest BCUT2D eigenvalue weighted by Gasteiger charge is 2.29. The van der Waals surface area contributed by atoms with E-state index in [0.29, 0.717) is 18.4 Å². The number of likely N-dealkylation sites (N-methyl/N-ethyl adjacent to an activating group) is 1. The van der Waals surface area contributed by atoms with Gasteiger partial charge in [-0.25, -0.2) is 0 Å². The molecule has 0 aromatic heterocycles. The van der Waals surface area contributed by atoms with E-state index >= 15 is 0 Å². The van der Waals surface area contributed by atoms with Crippen molar-refractivity contribution in [2.45, 2.75) is 24.9 Å². The number of ether oxygens (including phenoxy) is 2. The number of fused-ring (bicyclic) bond motifs is 1. The van der Waals surface area contributed by atoms with Crippen LogP contribution in [0, 0.1) is 0 Å². The highest BCUT2D eigenvalue weighted by Crippen LogP contribution is 2.34. The summed E-state index contributed by atoms with van der Waals surface area (Å²) in [6.07, 6.45) is 2.21. The van der Waals surface area contributed by atoms with Gasteiger partial charge >= 0.3 is 0 Å². The molecule has 0 radical (unpaired) electrons. The van der Waals surface area contributed by atoms with Gasteiger partial charge in [-0.3, -0.25) is 4.79 Å². The Labute approximate surface area is 112 Å². The zero-order valence-corrected chi connectivity index (χ0v) is 11.0. The Morgan fingerprint density at radius 1 is 1.53 bits per heavy atom. The van der Waals surface area contributed by atoms with Gasteiger partial charge in [0.05, 0.1) is 6.04 Å². The first-order chi connectivity index (χ1) is 9.15. The first-order valence-corrected chi connectivity index (χ1v) is 6.56. The number of carbonyl (C=O) groups excluding carboxylic acids is 1. The standard InChI is InChI=1S/C14H18N2O3/c1-16(9-2-3-9)14(17)8-18-10-4-5-11-12(15)7-19-13(11)6-10/h4-6,9,12H,2-3,7-8,15H2,1H3. The molecule has 102 valence electrons. The molecule has 1 aromatic rings. The Morgan fingerprint density at radius 3 is 3.05 bits per heavy atom. The minimum Gasteiger partial charge on any atom is -0.491 e. The SMILES string of the molecule is CN(C(=O)COc1ccc2c(c1)OCC2N)C1CC1. The van der Waals surface area contributed by atoms with Crippen LogP contribution in [-0.2, 0) is 4.79 Å². The molecular weight excluding hydrogens is 244 g/mol. The minimum absolute atomic E-state index is 0.0145. The van der Waals surface area contributed by atoms with Gasteiger partial charge in [0.2, 0.25) is 0 Å². The summed E-state index contributed by atoms with van der Waals surface area (Å²) in [6.45, 7) is 0.569. The molecule has 1 atom stereocenters. The molecule has 19 heavy (non-hydrogen) atoms. The molecule has 1 aliphatic carbocycles. The molecule has 3 rings (SSSR count). The number of amides is 1. The fraction of sp³-hybridized carbons (Fsp3) is 0.500. The Balaban J connectivity index is 1.60. The number of nitrogens with two attached hydrogens (primary N) is 1. The Hall–Kier alpha value is -1.75. The van der Waals surface area contributed by atoms with Crippen molar-refractivity contribution in [1.29, 1.82) is 0 Å².